The molecule has 1 fully saturated rings. The molecule has 1 aliphatic heterocycles. The van der Waals surface area contributed by atoms with Gasteiger partial charge in [-0.1, -0.05) is 0 Å². The van der Waals surface area contributed by atoms with Gasteiger partial charge in [-0.2, -0.15) is 0 Å². The van der Waals surface area contributed by atoms with Crippen LogP contribution in [0.25, 0.3) is 0 Å². The molecule has 1 atom stereocenters. The number of hydrogen-bond acceptors (Lipinski definition) is 4. The van der Waals surface area contributed by atoms with Crippen LogP contribution in [-0.4, -0.2) is 54.5 Å². The zero-order valence-electron chi connectivity index (χ0n) is 11.7. The molecule has 9 heteroatoms. The van der Waals surface area contributed by atoms with Gasteiger partial charge in [-0.3, -0.25) is 4.79 Å². The quantitative estimate of drug-likeness (QED) is 0.787. The van der Waals surface area contributed by atoms with E-state index in [2.05, 4.69) is 4.72 Å². The van der Waals surface area contributed by atoms with E-state index in [0.29, 0.717) is 19.4 Å². The summed E-state index contributed by atoms with van der Waals surface area (Å²) in [6, 6.07) is 0.405. The largest absolute Gasteiger partial charge is 0.480 e. The first kappa shape index (κ1) is 15.5. The Balaban J connectivity index is 2.34. The van der Waals surface area contributed by atoms with Crippen LogP contribution in [0.1, 0.15) is 23.3 Å². The normalized spacial score (nSPS) is 19.0. The van der Waals surface area contributed by atoms with E-state index in [4.69, 9.17) is 5.11 Å². The van der Waals surface area contributed by atoms with E-state index in [-0.39, 0.29) is 10.6 Å². The Morgan fingerprint density at radius 2 is 2.10 bits per heavy atom. The van der Waals surface area contributed by atoms with Crippen molar-refractivity contribution in [3.8, 4) is 0 Å². The van der Waals surface area contributed by atoms with Crippen LogP contribution >= 0.6 is 0 Å². The van der Waals surface area contributed by atoms with E-state index in [1.807, 2.05) is 0 Å². The third-order valence-electron chi connectivity index (χ3n) is 3.58. The number of carbonyl (C=O) groups is 2. The lowest BCUT2D eigenvalue weighted by atomic mass is 10.2. The van der Waals surface area contributed by atoms with Crippen molar-refractivity contribution in [3.63, 3.8) is 0 Å². The van der Waals surface area contributed by atoms with Gasteiger partial charge in [-0.05, 0) is 26.0 Å². The van der Waals surface area contributed by atoms with Gasteiger partial charge in [-0.15, -0.1) is 0 Å². The van der Waals surface area contributed by atoms with Gasteiger partial charge in [0, 0.05) is 19.8 Å². The standard InChI is InChI=1S/C12H17N3O5S/c1-13-21(19,20)8-6-10(14(2)7-8)11(16)15-5-3-4-9(15)12(17)18/h6-7,9,13H,3-5H2,1-2H3,(H,17,18). The summed E-state index contributed by atoms with van der Waals surface area (Å²) in [4.78, 5) is 24.8. The molecule has 0 bridgehead atoms. The van der Waals surface area contributed by atoms with Crippen molar-refractivity contribution < 1.29 is 23.1 Å². The molecule has 1 amide bonds. The van der Waals surface area contributed by atoms with E-state index in [0.717, 1.165) is 0 Å². The molecule has 2 rings (SSSR count). The number of carboxylic acid groups (broad SMARTS) is 1. The third kappa shape index (κ3) is 2.79. The fraction of sp³-hybridized carbons (Fsp3) is 0.500. The molecular weight excluding hydrogens is 298 g/mol. The lowest BCUT2D eigenvalue weighted by molar-refractivity contribution is -0.141. The Kier molecular flexibility index (Phi) is 4.06. The number of aromatic nitrogens is 1. The number of nitrogens with zero attached hydrogens (tertiary/aromatic N) is 2. The summed E-state index contributed by atoms with van der Waals surface area (Å²) < 4.78 is 27.0. The predicted molar refractivity (Wildman–Crippen MR) is 73.4 cm³/mol. The topological polar surface area (TPSA) is 109 Å². The molecule has 1 aliphatic rings. The predicted octanol–water partition coefficient (Wildman–Crippen LogP) is -0.378. The second kappa shape index (κ2) is 5.49. The van der Waals surface area contributed by atoms with Crippen LogP contribution in [0.2, 0.25) is 0 Å². The Hall–Kier alpha value is -1.87. The molecule has 0 aromatic carbocycles. The number of sulfonamides is 1. The Morgan fingerprint density at radius 1 is 1.43 bits per heavy atom. The highest BCUT2D eigenvalue weighted by atomic mass is 32.2. The first-order valence-electron chi connectivity index (χ1n) is 6.41. The number of likely N-dealkylation sites (tertiary alicyclic amines) is 1. The molecule has 0 spiro atoms. The van der Waals surface area contributed by atoms with E-state index in [1.165, 1.54) is 28.8 Å². The molecule has 1 aromatic heterocycles. The minimum atomic E-state index is -3.64. The highest BCUT2D eigenvalue weighted by Gasteiger charge is 2.35. The fourth-order valence-corrected chi connectivity index (χ4v) is 3.22. The van der Waals surface area contributed by atoms with Crippen molar-refractivity contribution in [3.05, 3.63) is 18.0 Å². The number of rotatable bonds is 4. The van der Waals surface area contributed by atoms with E-state index >= 15 is 0 Å². The van der Waals surface area contributed by atoms with Crippen LogP contribution in [0, 0.1) is 0 Å². The van der Waals surface area contributed by atoms with Gasteiger partial charge in [0.15, 0.2) is 0 Å². The minimum Gasteiger partial charge on any atom is -0.480 e. The van der Waals surface area contributed by atoms with Gasteiger partial charge in [0.1, 0.15) is 16.6 Å². The summed E-state index contributed by atoms with van der Waals surface area (Å²) in [5, 5.41) is 9.11. The molecule has 1 saturated heterocycles. The van der Waals surface area contributed by atoms with Gasteiger partial charge < -0.3 is 14.6 Å². The van der Waals surface area contributed by atoms with Crippen LogP contribution < -0.4 is 4.72 Å². The van der Waals surface area contributed by atoms with Crippen LogP contribution in [0.5, 0.6) is 0 Å². The van der Waals surface area contributed by atoms with Crippen molar-refractivity contribution in [2.45, 2.75) is 23.8 Å². The number of aliphatic carboxylic acids is 1. The maximum Gasteiger partial charge on any atom is 0.326 e. The SMILES string of the molecule is CNS(=O)(=O)c1cc(C(=O)N2CCCC2C(=O)O)n(C)c1. The van der Waals surface area contributed by atoms with Crippen LogP contribution in [0.3, 0.4) is 0 Å². The van der Waals surface area contributed by atoms with Crippen molar-refractivity contribution in [1.29, 1.82) is 0 Å². The number of amides is 1. The molecule has 8 nitrogen and oxygen atoms in total. The summed E-state index contributed by atoms with van der Waals surface area (Å²) in [5.74, 6) is -1.52. The van der Waals surface area contributed by atoms with Crippen LogP contribution in [-0.2, 0) is 21.9 Å². The fourth-order valence-electron chi connectivity index (χ4n) is 2.43. The summed E-state index contributed by atoms with van der Waals surface area (Å²) >= 11 is 0. The molecular formula is C12H17N3O5S. The number of carbonyl (C=O) groups excluding carboxylic acids is 1. The molecule has 1 unspecified atom stereocenters. The average Bonchev–Trinajstić information content (AvgIpc) is 3.04. The average molecular weight is 315 g/mol. The van der Waals surface area contributed by atoms with Gasteiger partial charge in [-0.25, -0.2) is 17.9 Å². The second-order valence-corrected chi connectivity index (χ2v) is 6.76. The molecule has 21 heavy (non-hydrogen) atoms. The van der Waals surface area contributed by atoms with E-state index < -0.39 is 27.9 Å². The van der Waals surface area contributed by atoms with Gasteiger partial charge in [0.05, 0.1) is 0 Å². The van der Waals surface area contributed by atoms with E-state index in [9.17, 15) is 18.0 Å². The first-order chi connectivity index (χ1) is 9.77. The number of aryl methyl sites for hydroxylation is 1. The lowest BCUT2D eigenvalue weighted by Crippen LogP contribution is -2.41. The van der Waals surface area contributed by atoms with Gasteiger partial charge in [0.2, 0.25) is 10.0 Å². The second-order valence-electron chi connectivity index (χ2n) is 4.87. The zero-order valence-corrected chi connectivity index (χ0v) is 12.6. The first-order valence-corrected chi connectivity index (χ1v) is 7.90. The van der Waals surface area contributed by atoms with Crippen molar-refractivity contribution >= 4 is 21.9 Å². The molecule has 0 radical (unpaired) electrons. The van der Waals surface area contributed by atoms with Gasteiger partial charge >= 0.3 is 5.97 Å². The Morgan fingerprint density at radius 3 is 2.67 bits per heavy atom. The molecule has 0 saturated carbocycles. The summed E-state index contributed by atoms with van der Waals surface area (Å²) in [6.07, 6.45) is 2.35. The summed E-state index contributed by atoms with van der Waals surface area (Å²) in [5.41, 5.74) is 0.150. The zero-order chi connectivity index (χ0) is 15.8. The van der Waals surface area contributed by atoms with Crippen molar-refractivity contribution in [2.24, 2.45) is 7.05 Å². The molecule has 0 aliphatic carbocycles. The highest BCUT2D eigenvalue weighted by Crippen LogP contribution is 2.22. The van der Waals surface area contributed by atoms with Crippen molar-refractivity contribution in [1.82, 2.24) is 14.2 Å². The van der Waals surface area contributed by atoms with Crippen molar-refractivity contribution in [2.75, 3.05) is 13.6 Å². The van der Waals surface area contributed by atoms with Crippen LogP contribution in [0.4, 0.5) is 0 Å². The maximum absolute atomic E-state index is 12.4. The Labute approximate surface area is 122 Å². The van der Waals surface area contributed by atoms with Crippen LogP contribution in [0.15, 0.2) is 17.2 Å². The molecule has 2 heterocycles. The summed E-state index contributed by atoms with van der Waals surface area (Å²) in [6.45, 7) is 0.356. The highest BCUT2D eigenvalue weighted by molar-refractivity contribution is 7.89. The third-order valence-corrected chi connectivity index (χ3v) is 4.96. The lowest BCUT2D eigenvalue weighted by Gasteiger charge is -2.21. The number of carboxylic acids is 1. The maximum atomic E-state index is 12.4. The van der Waals surface area contributed by atoms with E-state index in [1.54, 1.807) is 7.05 Å². The smallest absolute Gasteiger partial charge is 0.326 e. The monoisotopic (exact) mass is 315 g/mol. The number of nitrogens with one attached hydrogen (secondary N) is 1. The minimum absolute atomic E-state index is 0.0260. The molecule has 1 aromatic rings. The van der Waals surface area contributed by atoms with Gasteiger partial charge in [0.25, 0.3) is 5.91 Å². The molecule has 2 N–H and O–H groups in total. The Bertz CT molecular complexity index is 679. The number of hydrogen-bond donors (Lipinski definition) is 2. The summed E-state index contributed by atoms with van der Waals surface area (Å²) in [7, 11) is -0.813. The molecule has 116 valence electrons.